The van der Waals surface area contributed by atoms with E-state index in [9.17, 15) is 4.79 Å². The molecule has 0 unspecified atom stereocenters. The Morgan fingerprint density at radius 3 is 2.67 bits per heavy atom. The van der Waals surface area contributed by atoms with Crippen LogP contribution in [0.2, 0.25) is 5.02 Å². The number of carbonyl (C=O) groups excluding carboxylic acids is 1. The molecule has 1 N–H and O–H groups in total. The van der Waals surface area contributed by atoms with Gasteiger partial charge in [0.1, 0.15) is 5.69 Å². The number of piperazine rings is 1. The lowest BCUT2D eigenvalue weighted by Gasteiger charge is -2.33. The van der Waals surface area contributed by atoms with Gasteiger partial charge in [0.05, 0.1) is 10.7 Å². The number of likely N-dealkylation sites (N-methyl/N-ethyl adjacent to an activating group) is 1. The standard InChI is InChI=1S/C18H21ClN4O/c1-2-22-9-11-23(12-10-22)18(24)17-13-14(7-8-20-17)21-16-6-4-3-5-15(16)19/h3-8,13H,2,9-12H2,1H3,(H,20,21). The predicted molar refractivity (Wildman–Crippen MR) is 97.0 cm³/mol. The van der Waals surface area contributed by atoms with E-state index in [4.69, 9.17) is 11.6 Å². The van der Waals surface area contributed by atoms with Crippen LogP contribution in [0.5, 0.6) is 0 Å². The van der Waals surface area contributed by atoms with Crippen LogP contribution < -0.4 is 5.32 Å². The summed E-state index contributed by atoms with van der Waals surface area (Å²) >= 11 is 6.17. The van der Waals surface area contributed by atoms with Crippen molar-refractivity contribution in [2.75, 3.05) is 38.0 Å². The van der Waals surface area contributed by atoms with E-state index in [1.54, 1.807) is 12.3 Å². The van der Waals surface area contributed by atoms with Crippen LogP contribution in [0.3, 0.4) is 0 Å². The van der Waals surface area contributed by atoms with Crippen molar-refractivity contribution < 1.29 is 4.79 Å². The number of nitrogens with one attached hydrogen (secondary N) is 1. The molecule has 1 aromatic carbocycles. The molecule has 0 bridgehead atoms. The molecule has 2 aromatic rings. The molecule has 0 atom stereocenters. The number of amides is 1. The number of carbonyl (C=O) groups is 1. The molecule has 5 nitrogen and oxygen atoms in total. The van der Waals surface area contributed by atoms with Crippen molar-refractivity contribution in [1.29, 1.82) is 0 Å². The molecular formula is C18H21ClN4O. The third-order valence-electron chi connectivity index (χ3n) is 4.24. The van der Waals surface area contributed by atoms with Crippen LogP contribution in [0.1, 0.15) is 17.4 Å². The average molecular weight is 345 g/mol. The van der Waals surface area contributed by atoms with Crippen LogP contribution in [0.4, 0.5) is 11.4 Å². The fourth-order valence-electron chi connectivity index (χ4n) is 2.77. The Labute approximate surface area is 147 Å². The third kappa shape index (κ3) is 3.86. The topological polar surface area (TPSA) is 48.5 Å². The van der Waals surface area contributed by atoms with Gasteiger partial charge in [-0.2, -0.15) is 0 Å². The highest BCUT2D eigenvalue weighted by molar-refractivity contribution is 6.33. The maximum absolute atomic E-state index is 12.7. The second kappa shape index (κ2) is 7.64. The molecule has 126 valence electrons. The van der Waals surface area contributed by atoms with Gasteiger partial charge in [0, 0.05) is 38.1 Å². The molecular weight excluding hydrogens is 324 g/mol. The van der Waals surface area contributed by atoms with Gasteiger partial charge < -0.3 is 15.1 Å². The Hall–Kier alpha value is -2.11. The molecule has 1 aromatic heterocycles. The number of rotatable bonds is 4. The number of hydrogen-bond donors (Lipinski definition) is 1. The van der Waals surface area contributed by atoms with Gasteiger partial charge >= 0.3 is 0 Å². The first-order valence-corrected chi connectivity index (χ1v) is 8.54. The molecule has 0 aliphatic carbocycles. The highest BCUT2D eigenvalue weighted by Gasteiger charge is 2.22. The number of aromatic nitrogens is 1. The highest BCUT2D eigenvalue weighted by atomic mass is 35.5. The maximum atomic E-state index is 12.7. The van der Waals surface area contributed by atoms with Crippen LogP contribution in [0.25, 0.3) is 0 Å². The molecule has 24 heavy (non-hydrogen) atoms. The molecule has 1 aliphatic heterocycles. The summed E-state index contributed by atoms with van der Waals surface area (Å²) in [5.41, 5.74) is 2.06. The van der Waals surface area contributed by atoms with E-state index in [-0.39, 0.29) is 5.91 Å². The maximum Gasteiger partial charge on any atom is 0.272 e. The van der Waals surface area contributed by atoms with Crippen molar-refractivity contribution in [1.82, 2.24) is 14.8 Å². The molecule has 0 saturated carbocycles. The predicted octanol–water partition coefficient (Wildman–Crippen LogP) is 3.26. The Morgan fingerprint density at radius 1 is 1.21 bits per heavy atom. The van der Waals surface area contributed by atoms with Crippen LogP contribution in [-0.4, -0.2) is 53.4 Å². The number of benzene rings is 1. The summed E-state index contributed by atoms with van der Waals surface area (Å²) < 4.78 is 0. The minimum atomic E-state index is -0.0199. The van der Waals surface area contributed by atoms with E-state index in [1.165, 1.54) is 0 Å². The Morgan fingerprint density at radius 2 is 1.96 bits per heavy atom. The number of nitrogens with zero attached hydrogens (tertiary/aromatic N) is 3. The SMILES string of the molecule is CCN1CCN(C(=O)c2cc(Nc3ccccc3Cl)ccn2)CC1. The summed E-state index contributed by atoms with van der Waals surface area (Å²) in [6.07, 6.45) is 1.65. The molecule has 2 heterocycles. The largest absolute Gasteiger partial charge is 0.354 e. The van der Waals surface area contributed by atoms with Crippen LogP contribution in [0.15, 0.2) is 42.6 Å². The van der Waals surface area contributed by atoms with Crippen LogP contribution in [-0.2, 0) is 0 Å². The van der Waals surface area contributed by atoms with Crippen LogP contribution in [0, 0.1) is 0 Å². The second-order valence-corrected chi connectivity index (χ2v) is 6.17. The minimum Gasteiger partial charge on any atom is -0.354 e. The Kier molecular flexibility index (Phi) is 5.33. The highest BCUT2D eigenvalue weighted by Crippen LogP contribution is 2.25. The van der Waals surface area contributed by atoms with Crippen molar-refractivity contribution in [3.8, 4) is 0 Å². The van der Waals surface area contributed by atoms with Gasteiger partial charge in [-0.3, -0.25) is 9.78 Å². The van der Waals surface area contributed by atoms with Gasteiger partial charge in [-0.1, -0.05) is 30.7 Å². The second-order valence-electron chi connectivity index (χ2n) is 5.76. The summed E-state index contributed by atoms with van der Waals surface area (Å²) in [5.74, 6) is -0.0199. The molecule has 1 fully saturated rings. The first-order chi connectivity index (χ1) is 11.7. The Balaban J connectivity index is 1.71. The zero-order valence-corrected chi connectivity index (χ0v) is 14.5. The van der Waals surface area contributed by atoms with E-state index in [1.807, 2.05) is 35.2 Å². The van der Waals surface area contributed by atoms with Crippen molar-refractivity contribution in [2.24, 2.45) is 0 Å². The summed E-state index contributed by atoms with van der Waals surface area (Å²) in [6.45, 7) is 6.49. The van der Waals surface area contributed by atoms with Crippen molar-refractivity contribution >= 4 is 28.9 Å². The lowest BCUT2D eigenvalue weighted by molar-refractivity contribution is 0.0637. The summed E-state index contributed by atoms with van der Waals surface area (Å²) in [7, 11) is 0. The molecule has 0 spiro atoms. The smallest absolute Gasteiger partial charge is 0.272 e. The number of halogens is 1. The molecule has 3 rings (SSSR count). The molecule has 1 aliphatic rings. The number of para-hydroxylation sites is 1. The third-order valence-corrected chi connectivity index (χ3v) is 4.57. The number of hydrogen-bond acceptors (Lipinski definition) is 4. The monoisotopic (exact) mass is 344 g/mol. The van der Waals surface area contributed by atoms with E-state index in [0.29, 0.717) is 10.7 Å². The molecule has 6 heteroatoms. The quantitative estimate of drug-likeness (QED) is 0.925. The lowest BCUT2D eigenvalue weighted by atomic mass is 10.2. The zero-order valence-electron chi connectivity index (χ0n) is 13.7. The van der Waals surface area contributed by atoms with Gasteiger partial charge in [0.15, 0.2) is 0 Å². The summed E-state index contributed by atoms with van der Waals surface area (Å²) in [5, 5.41) is 3.87. The van der Waals surface area contributed by atoms with E-state index < -0.39 is 0 Å². The van der Waals surface area contributed by atoms with E-state index in [0.717, 1.165) is 44.1 Å². The van der Waals surface area contributed by atoms with Crippen molar-refractivity contribution in [3.63, 3.8) is 0 Å². The summed E-state index contributed by atoms with van der Waals surface area (Å²) in [6, 6.07) is 11.1. The van der Waals surface area contributed by atoms with Gasteiger partial charge in [-0.05, 0) is 30.8 Å². The first kappa shape index (κ1) is 16.7. The van der Waals surface area contributed by atoms with Crippen LogP contribution >= 0.6 is 11.6 Å². The number of pyridine rings is 1. The summed E-state index contributed by atoms with van der Waals surface area (Å²) in [4.78, 5) is 21.1. The van der Waals surface area contributed by atoms with Crippen molar-refractivity contribution in [3.05, 3.63) is 53.3 Å². The number of anilines is 2. The lowest BCUT2D eigenvalue weighted by Crippen LogP contribution is -2.48. The van der Waals surface area contributed by atoms with E-state index in [2.05, 4.69) is 22.1 Å². The fourth-order valence-corrected chi connectivity index (χ4v) is 2.96. The van der Waals surface area contributed by atoms with Gasteiger partial charge in [-0.15, -0.1) is 0 Å². The average Bonchev–Trinajstić information content (AvgIpc) is 2.63. The zero-order chi connectivity index (χ0) is 16.9. The molecule has 0 radical (unpaired) electrons. The first-order valence-electron chi connectivity index (χ1n) is 8.16. The van der Waals surface area contributed by atoms with E-state index >= 15 is 0 Å². The molecule has 1 saturated heterocycles. The minimum absolute atomic E-state index is 0.0199. The van der Waals surface area contributed by atoms with Crippen molar-refractivity contribution in [2.45, 2.75) is 6.92 Å². The normalized spacial score (nSPS) is 15.3. The molecule has 1 amide bonds. The Bertz CT molecular complexity index is 714. The van der Waals surface area contributed by atoms with Gasteiger partial charge in [0.2, 0.25) is 0 Å². The van der Waals surface area contributed by atoms with Gasteiger partial charge in [-0.25, -0.2) is 0 Å². The fraction of sp³-hybridized carbons (Fsp3) is 0.333. The van der Waals surface area contributed by atoms with Gasteiger partial charge in [0.25, 0.3) is 5.91 Å².